The lowest BCUT2D eigenvalue weighted by Gasteiger charge is -2.39. The number of fused-ring (bicyclic) bond motifs is 1. The first-order valence-electron chi connectivity index (χ1n) is 6.15. The lowest BCUT2D eigenvalue weighted by atomic mass is 9.67. The molecule has 1 aromatic rings. The number of carbonyl (C=O) groups excluding carboxylic acids is 1. The zero-order valence-corrected chi connectivity index (χ0v) is 9.46. The highest BCUT2D eigenvalue weighted by Crippen LogP contribution is 2.39. The Hall–Kier alpha value is -1.15. The molecule has 1 heterocycles. The van der Waals surface area contributed by atoms with Crippen LogP contribution in [0.2, 0.25) is 0 Å². The number of ketones is 1. The molecule has 1 saturated heterocycles. The Kier molecular flexibility index (Phi) is 2.32. The molecular formula is C14H17NO. The summed E-state index contributed by atoms with van der Waals surface area (Å²) in [6, 6.07) is 8.10. The normalized spacial score (nSPS) is 29.1. The van der Waals surface area contributed by atoms with Crippen LogP contribution in [0, 0.1) is 5.41 Å². The number of hydrogen-bond donors (Lipinski definition) is 1. The average Bonchev–Trinajstić information content (AvgIpc) is 2.36. The standard InChI is InChI=1S/C14H17NO/c16-13-12-5-2-1-4-11(12)6-8-14(13)7-3-9-15-10-14/h1-2,4-5,15H,3,6-10H2/t14-/m1/s1. The van der Waals surface area contributed by atoms with Crippen molar-refractivity contribution in [2.24, 2.45) is 5.41 Å². The maximum absolute atomic E-state index is 12.6. The molecule has 1 aromatic carbocycles. The third-order valence-corrected chi connectivity index (χ3v) is 4.09. The van der Waals surface area contributed by atoms with Crippen LogP contribution in [0.4, 0.5) is 0 Å². The molecule has 1 aliphatic carbocycles. The van der Waals surface area contributed by atoms with E-state index in [1.165, 1.54) is 5.56 Å². The summed E-state index contributed by atoms with van der Waals surface area (Å²) in [5.41, 5.74) is 2.12. The van der Waals surface area contributed by atoms with Gasteiger partial charge in [0.05, 0.1) is 0 Å². The van der Waals surface area contributed by atoms with Gasteiger partial charge in [-0.05, 0) is 37.8 Å². The summed E-state index contributed by atoms with van der Waals surface area (Å²) < 4.78 is 0. The van der Waals surface area contributed by atoms with Gasteiger partial charge in [-0.3, -0.25) is 4.79 Å². The molecule has 1 N–H and O–H groups in total. The van der Waals surface area contributed by atoms with Crippen molar-refractivity contribution in [3.63, 3.8) is 0 Å². The predicted octanol–water partition coefficient (Wildman–Crippen LogP) is 2.19. The topological polar surface area (TPSA) is 29.1 Å². The summed E-state index contributed by atoms with van der Waals surface area (Å²) >= 11 is 0. The van der Waals surface area contributed by atoms with Crippen molar-refractivity contribution in [1.82, 2.24) is 5.32 Å². The Morgan fingerprint density at radius 1 is 1.19 bits per heavy atom. The second kappa shape index (κ2) is 3.70. The highest BCUT2D eigenvalue weighted by atomic mass is 16.1. The molecule has 0 unspecified atom stereocenters. The van der Waals surface area contributed by atoms with Gasteiger partial charge >= 0.3 is 0 Å². The molecule has 1 atom stereocenters. The molecule has 3 rings (SSSR count). The Morgan fingerprint density at radius 3 is 2.88 bits per heavy atom. The second-order valence-electron chi connectivity index (χ2n) is 5.05. The maximum atomic E-state index is 12.6. The molecule has 0 radical (unpaired) electrons. The Bertz CT molecular complexity index is 418. The Balaban J connectivity index is 2.00. The molecule has 0 saturated carbocycles. The van der Waals surface area contributed by atoms with Gasteiger partial charge < -0.3 is 5.32 Å². The number of hydrogen-bond acceptors (Lipinski definition) is 2. The number of benzene rings is 1. The van der Waals surface area contributed by atoms with Gasteiger partial charge in [0.1, 0.15) is 0 Å². The quantitative estimate of drug-likeness (QED) is 0.718. The minimum absolute atomic E-state index is 0.0907. The fraction of sp³-hybridized carbons (Fsp3) is 0.500. The van der Waals surface area contributed by atoms with E-state index < -0.39 is 0 Å². The van der Waals surface area contributed by atoms with Gasteiger partial charge in [-0.2, -0.15) is 0 Å². The summed E-state index contributed by atoms with van der Waals surface area (Å²) in [6.07, 6.45) is 4.28. The number of aryl methyl sites for hydroxylation is 1. The minimum Gasteiger partial charge on any atom is -0.316 e. The van der Waals surface area contributed by atoms with Gasteiger partial charge in [-0.1, -0.05) is 24.3 Å². The molecule has 16 heavy (non-hydrogen) atoms. The second-order valence-corrected chi connectivity index (χ2v) is 5.05. The summed E-state index contributed by atoms with van der Waals surface area (Å²) in [4.78, 5) is 12.6. The van der Waals surface area contributed by atoms with Crippen LogP contribution in [-0.4, -0.2) is 18.9 Å². The van der Waals surface area contributed by atoms with Gasteiger partial charge in [-0.25, -0.2) is 0 Å². The van der Waals surface area contributed by atoms with Crippen LogP contribution in [0.5, 0.6) is 0 Å². The highest BCUT2D eigenvalue weighted by molar-refractivity contribution is 6.03. The van der Waals surface area contributed by atoms with Crippen molar-refractivity contribution >= 4 is 5.78 Å². The molecule has 2 aliphatic rings. The van der Waals surface area contributed by atoms with Gasteiger partial charge in [0.15, 0.2) is 5.78 Å². The smallest absolute Gasteiger partial charge is 0.170 e. The third kappa shape index (κ3) is 1.40. The van der Waals surface area contributed by atoms with Crippen molar-refractivity contribution in [3.8, 4) is 0 Å². The van der Waals surface area contributed by atoms with E-state index in [0.717, 1.165) is 44.3 Å². The maximum Gasteiger partial charge on any atom is 0.170 e. The van der Waals surface area contributed by atoms with E-state index in [2.05, 4.69) is 11.4 Å². The Labute approximate surface area is 96.1 Å². The number of piperidine rings is 1. The van der Waals surface area contributed by atoms with Crippen LogP contribution < -0.4 is 5.32 Å². The molecule has 2 heteroatoms. The van der Waals surface area contributed by atoms with Crippen LogP contribution in [0.15, 0.2) is 24.3 Å². The molecule has 0 amide bonds. The van der Waals surface area contributed by atoms with E-state index in [9.17, 15) is 4.79 Å². The summed E-state index contributed by atoms with van der Waals surface area (Å²) in [5.74, 6) is 0.376. The van der Waals surface area contributed by atoms with Crippen LogP contribution in [0.1, 0.15) is 35.2 Å². The lowest BCUT2D eigenvalue weighted by molar-refractivity contribution is 0.0700. The van der Waals surface area contributed by atoms with Gasteiger partial charge in [0.25, 0.3) is 0 Å². The summed E-state index contributed by atoms with van der Waals surface area (Å²) in [6.45, 7) is 1.94. The number of Topliss-reactive ketones (excluding diaryl/α,β-unsaturated/α-hetero) is 1. The zero-order valence-electron chi connectivity index (χ0n) is 9.46. The SMILES string of the molecule is O=C1c2ccccc2CC[C@@]12CCCNC2. The van der Waals surface area contributed by atoms with Gasteiger partial charge in [0, 0.05) is 17.5 Å². The molecule has 1 fully saturated rings. The van der Waals surface area contributed by atoms with E-state index in [1.807, 2.05) is 18.2 Å². The zero-order chi connectivity index (χ0) is 11.0. The van der Waals surface area contributed by atoms with E-state index in [4.69, 9.17) is 0 Å². The molecule has 1 spiro atoms. The molecule has 0 aromatic heterocycles. The molecule has 1 aliphatic heterocycles. The number of rotatable bonds is 0. The summed E-state index contributed by atoms with van der Waals surface area (Å²) in [5, 5.41) is 3.39. The first-order valence-corrected chi connectivity index (χ1v) is 6.15. The van der Waals surface area contributed by atoms with Crippen molar-refractivity contribution in [2.45, 2.75) is 25.7 Å². The predicted molar refractivity (Wildman–Crippen MR) is 63.6 cm³/mol. The monoisotopic (exact) mass is 215 g/mol. The van der Waals surface area contributed by atoms with E-state index >= 15 is 0 Å². The third-order valence-electron chi connectivity index (χ3n) is 4.09. The van der Waals surface area contributed by atoms with Crippen molar-refractivity contribution < 1.29 is 4.79 Å². The van der Waals surface area contributed by atoms with Crippen LogP contribution in [0.25, 0.3) is 0 Å². The Morgan fingerprint density at radius 2 is 2.06 bits per heavy atom. The molecule has 0 bridgehead atoms. The van der Waals surface area contributed by atoms with Crippen LogP contribution in [0.3, 0.4) is 0 Å². The molecule has 2 nitrogen and oxygen atoms in total. The van der Waals surface area contributed by atoms with Gasteiger partial charge in [-0.15, -0.1) is 0 Å². The van der Waals surface area contributed by atoms with Crippen LogP contribution in [-0.2, 0) is 6.42 Å². The van der Waals surface area contributed by atoms with E-state index in [-0.39, 0.29) is 5.41 Å². The fourth-order valence-corrected chi connectivity index (χ4v) is 3.11. The van der Waals surface area contributed by atoms with E-state index in [1.54, 1.807) is 0 Å². The first kappa shape index (κ1) is 10.0. The van der Waals surface area contributed by atoms with Crippen molar-refractivity contribution in [1.29, 1.82) is 0 Å². The average molecular weight is 215 g/mol. The number of carbonyl (C=O) groups is 1. The minimum atomic E-state index is -0.0907. The fourth-order valence-electron chi connectivity index (χ4n) is 3.11. The van der Waals surface area contributed by atoms with Crippen molar-refractivity contribution in [3.05, 3.63) is 35.4 Å². The largest absolute Gasteiger partial charge is 0.316 e. The highest BCUT2D eigenvalue weighted by Gasteiger charge is 2.42. The lowest BCUT2D eigenvalue weighted by Crippen LogP contribution is -2.47. The first-order chi connectivity index (χ1) is 7.82. The van der Waals surface area contributed by atoms with Crippen molar-refractivity contribution in [2.75, 3.05) is 13.1 Å². The van der Waals surface area contributed by atoms with Gasteiger partial charge in [0.2, 0.25) is 0 Å². The summed E-state index contributed by atoms with van der Waals surface area (Å²) in [7, 11) is 0. The van der Waals surface area contributed by atoms with Crippen LogP contribution >= 0.6 is 0 Å². The number of nitrogens with one attached hydrogen (secondary N) is 1. The van der Waals surface area contributed by atoms with E-state index in [0.29, 0.717) is 5.78 Å². The molecule has 84 valence electrons. The molecular weight excluding hydrogens is 198 g/mol.